The molecule has 0 aliphatic carbocycles. The molecule has 1 aliphatic rings. The fraction of sp³-hybridized carbons (Fsp3) is 0.500. The summed E-state index contributed by atoms with van der Waals surface area (Å²) in [5, 5.41) is 0. The third-order valence-corrected chi connectivity index (χ3v) is 4.12. The fourth-order valence-electron chi connectivity index (χ4n) is 2.49. The van der Waals surface area contributed by atoms with Gasteiger partial charge in [-0.1, -0.05) is 13.0 Å². The maximum absolute atomic E-state index is 14.0. The van der Waals surface area contributed by atoms with Crippen LogP contribution in [0, 0.1) is 24.5 Å². The van der Waals surface area contributed by atoms with E-state index in [1.807, 2.05) is 6.92 Å². The number of carbonyl (C=O) groups excluding carboxylic acids is 1. The lowest BCUT2D eigenvalue weighted by Crippen LogP contribution is -2.39. The van der Waals surface area contributed by atoms with Crippen LogP contribution in [0.1, 0.15) is 29.3 Å². The van der Waals surface area contributed by atoms with Crippen LogP contribution >= 0.6 is 11.6 Å². The molecular formula is C14H16ClF2NO. The van der Waals surface area contributed by atoms with Crippen molar-refractivity contribution >= 4 is 17.5 Å². The third-order valence-electron chi connectivity index (χ3n) is 3.80. The van der Waals surface area contributed by atoms with E-state index in [-0.39, 0.29) is 23.4 Å². The fourth-order valence-corrected chi connectivity index (χ4v) is 2.96. The van der Waals surface area contributed by atoms with Crippen molar-refractivity contribution in [3.63, 3.8) is 0 Å². The Balaban J connectivity index is 2.38. The highest BCUT2D eigenvalue weighted by Crippen LogP contribution is 2.28. The number of alkyl halides is 1. The number of hydrogen-bond donors (Lipinski definition) is 0. The minimum atomic E-state index is -0.819. The highest BCUT2D eigenvalue weighted by atomic mass is 35.5. The van der Waals surface area contributed by atoms with Crippen molar-refractivity contribution in [2.75, 3.05) is 12.4 Å². The number of rotatable bonds is 2. The zero-order valence-corrected chi connectivity index (χ0v) is 11.7. The molecular weight excluding hydrogens is 272 g/mol. The number of carbonyl (C=O) groups is 1. The largest absolute Gasteiger partial charge is 0.334 e. The number of amides is 1. The van der Waals surface area contributed by atoms with Gasteiger partial charge in [-0.3, -0.25) is 4.79 Å². The summed E-state index contributed by atoms with van der Waals surface area (Å²) < 4.78 is 27.7. The molecule has 1 saturated heterocycles. The Hall–Kier alpha value is -1.16. The summed E-state index contributed by atoms with van der Waals surface area (Å²) in [7, 11) is 0. The number of likely N-dealkylation sites (tertiary alicyclic amines) is 1. The molecule has 2 rings (SSSR count). The molecule has 1 fully saturated rings. The SMILES string of the molecule is Cc1ccc(F)c(C(=O)N2CCC(C)C2CCl)c1F. The summed E-state index contributed by atoms with van der Waals surface area (Å²) in [6, 6.07) is 2.29. The predicted octanol–water partition coefficient (Wildman–Crippen LogP) is 3.36. The Kier molecular flexibility index (Phi) is 4.09. The standard InChI is InChI=1S/C14H16ClF2NO/c1-8-5-6-18(11(8)7-15)14(19)12-10(16)4-3-9(2)13(12)17/h3-4,8,11H,5-7H2,1-2H3. The molecule has 5 heteroatoms. The topological polar surface area (TPSA) is 20.3 Å². The second-order valence-electron chi connectivity index (χ2n) is 5.04. The van der Waals surface area contributed by atoms with E-state index in [0.29, 0.717) is 6.54 Å². The van der Waals surface area contributed by atoms with Gasteiger partial charge in [-0.25, -0.2) is 8.78 Å². The molecule has 104 valence electrons. The molecule has 1 aromatic rings. The van der Waals surface area contributed by atoms with Crippen molar-refractivity contribution in [2.45, 2.75) is 26.3 Å². The van der Waals surface area contributed by atoms with Crippen LogP contribution in [-0.4, -0.2) is 29.3 Å². The molecule has 1 heterocycles. The lowest BCUT2D eigenvalue weighted by molar-refractivity contribution is 0.0727. The first-order valence-electron chi connectivity index (χ1n) is 6.29. The van der Waals surface area contributed by atoms with Gasteiger partial charge in [-0.15, -0.1) is 11.6 Å². The molecule has 0 spiro atoms. The highest BCUT2D eigenvalue weighted by molar-refractivity contribution is 6.18. The summed E-state index contributed by atoms with van der Waals surface area (Å²) in [6.07, 6.45) is 0.804. The molecule has 1 amide bonds. The summed E-state index contributed by atoms with van der Waals surface area (Å²) in [6.45, 7) is 3.99. The number of nitrogens with zero attached hydrogens (tertiary/aromatic N) is 1. The number of benzene rings is 1. The Morgan fingerprint density at radius 3 is 2.79 bits per heavy atom. The first-order chi connectivity index (χ1) is 8.97. The van der Waals surface area contributed by atoms with Crippen LogP contribution < -0.4 is 0 Å². The molecule has 1 aromatic carbocycles. The first-order valence-corrected chi connectivity index (χ1v) is 6.82. The van der Waals surface area contributed by atoms with Crippen molar-refractivity contribution in [1.82, 2.24) is 4.90 Å². The Morgan fingerprint density at radius 1 is 1.47 bits per heavy atom. The minimum absolute atomic E-state index is 0.159. The molecule has 0 N–H and O–H groups in total. The predicted molar refractivity (Wildman–Crippen MR) is 70.4 cm³/mol. The highest BCUT2D eigenvalue weighted by Gasteiger charge is 2.36. The number of halogens is 3. The van der Waals surface area contributed by atoms with Gasteiger partial charge in [0.1, 0.15) is 17.2 Å². The Labute approximate surface area is 116 Å². The van der Waals surface area contributed by atoms with Gasteiger partial charge in [0.2, 0.25) is 0 Å². The van der Waals surface area contributed by atoms with Crippen molar-refractivity contribution in [3.05, 3.63) is 34.9 Å². The zero-order valence-electron chi connectivity index (χ0n) is 10.9. The summed E-state index contributed by atoms with van der Waals surface area (Å²) >= 11 is 5.86. The van der Waals surface area contributed by atoms with Crippen LogP contribution in [0.25, 0.3) is 0 Å². The number of hydrogen-bond acceptors (Lipinski definition) is 1. The maximum Gasteiger partial charge on any atom is 0.260 e. The molecule has 2 nitrogen and oxygen atoms in total. The van der Waals surface area contributed by atoms with Crippen LogP contribution in [0.2, 0.25) is 0 Å². The van der Waals surface area contributed by atoms with E-state index in [4.69, 9.17) is 11.6 Å². The Morgan fingerprint density at radius 2 is 2.16 bits per heavy atom. The van der Waals surface area contributed by atoms with E-state index >= 15 is 0 Å². The van der Waals surface area contributed by atoms with Crippen molar-refractivity contribution < 1.29 is 13.6 Å². The minimum Gasteiger partial charge on any atom is -0.334 e. The summed E-state index contributed by atoms with van der Waals surface area (Å²) in [4.78, 5) is 13.8. The third kappa shape index (κ3) is 2.46. The van der Waals surface area contributed by atoms with Crippen LogP contribution in [0.15, 0.2) is 12.1 Å². The van der Waals surface area contributed by atoms with Crippen molar-refractivity contribution in [2.24, 2.45) is 5.92 Å². The lowest BCUT2D eigenvalue weighted by atomic mass is 10.0. The molecule has 1 aliphatic heterocycles. The van der Waals surface area contributed by atoms with Gasteiger partial charge in [0.15, 0.2) is 0 Å². The van der Waals surface area contributed by atoms with Gasteiger partial charge in [0.25, 0.3) is 5.91 Å². The average molecular weight is 288 g/mol. The average Bonchev–Trinajstić information content (AvgIpc) is 2.75. The molecule has 0 saturated carbocycles. The van der Waals surface area contributed by atoms with E-state index in [1.54, 1.807) is 0 Å². The zero-order chi connectivity index (χ0) is 14.2. The van der Waals surface area contributed by atoms with E-state index < -0.39 is 23.1 Å². The van der Waals surface area contributed by atoms with Gasteiger partial charge in [0.05, 0.1) is 0 Å². The number of aryl methyl sites for hydroxylation is 1. The van der Waals surface area contributed by atoms with Gasteiger partial charge in [0, 0.05) is 18.5 Å². The quantitative estimate of drug-likeness (QED) is 0.764. The molecule has 19 heavy (non-hydrogen) atoms. The summed E-state index contributed by atoms with van der Waals surface area (Å²) in [5.74, 6) is -1.67. The molecule has 2 unspecified atom stereocenters. The van der Waals surface area contributed by atoms with Gasteiger partial charge in [-0.2, -0.15) is 0 Å². The van der Waals surface area contributed by atoms with Crippen LogP contribution in [-0.2, 0) is 0 Å². The lowest BCUT2D eigenvalue weighted by Gasteiger charge is -2.25. The monoisotopic (exact) mass is 287 g/mol. The van der Waals surface area contributed by atoms with Crippen molar-refractivity contribution in [3.8, 4) is 0 Å². The van der Waals surface area contributed by atoms with Crippen LogP contribution in [0.5, 0.6) is 0 Å². The van der Waals surface area contributed by atoms with E-state index in [0.717, 1.165) is 12.5 Å². The molecule has 0 aromatic heterocycles. The second-order valence-corrected chi connectivity index (χ2v) is 5.35. The maximum atomic E-state index is 14.0. The molecule has 0 radical (unpaired) electrons. The second kappa shape index (κ2) is 5.45. The van der Waals surface area contributed by atoms with E-state index in [2.05, 4.69) is 0 Å². The normalized spacial score (nSPS) is 22.9. The molecule has 0 bridgehead atoms. The van der Waals surface area contributed by atoms with Crippen LogP contribution in [0.4, 0.5) is 8.78 Å². The van der Waals surface area contributed by atoms with E-state index in [1.165, 1.54) is 17.9 Å². The van der Waals surface area contributed by atoms with Crippen molar-refractivity contribution in [1.29, 1.82) is 0 Å². The smallest absolute Gasteiger partial charge is 0.260 e. The van der Waals surface area contributed by atoms with Gasteiger partial charge >= 0.3 is 0 Å². The van der Waals surface area contributed by atoms with E-state index in [9.17, 15) is 13.6 Å². The summed E-state index contributed by atoms with van der Waals surface area (Å²) in [5.41, 5.74) is -0.205. The van der Waals surface area contributed by atoms with Crippen LogP contribution in [0.3, 0.4) is 0 Å². The first kappa shape index (κ1) is 14.3. The van der Waals surface area contributed by atoms with Gasteiger partial charge in [-0.05, 0) is 30.9 Å². The van der Waals surface area contributed by atoms with Gasteiger partial charge < -0.3 is 4.90 Å². The Bertz CT molecular complexity index is 506. The molecule has 2 atom stereocenters.